The zero-order chi connectivity index (χ0) is 57.0. The maximum absolute atomic E-state index is 2.57. The van der Waals surface area contributed by atoms with Gasteiger partial charge in [-0.25, -0.2) is 0 Å². The van der Waals surface area contributed by atoms with E-state index in [1.54, 1.807) is 0 Å². The number of para-hydroxylation sites is 1. The lowest BCUT2D eigenvalue weighted by molar-refractivity contribution is 0.644. The van der Waals surface area contributed by atoms with Gasteiger partial charge in [-0.2, -0.15) is 0 Å². The van der Waals surface area contributed by atoms with Crippen molar-refractivity contribution in [2.45, 2.75) is 89.9 Å². The lowest BCUT2D eigenvalue weighted by atomic mass is 9.67. The Morgan fingerprint density at radius 2 is 0.726 bits per heavy atom. The van der Waals surface area contributed by atoms with Crippen molar-refractivity contribution < 1.29 is 0 Å². The fourth-order valence-corrected chi connectivity index (χ4v) is 15.8. The molecular weight excluding hydrogens is 1010 g/mol. The van der Waals surface area contributed by atoms with E-state index in [1.165, 1.54) is 139 Å². The number of rotatable bonds is 8. The zero-order valence-electron chi connectivity index (χ0n) is 49.4. The Morgan fingerprint density at radius 1 is 0.298 bits per heavy atom. The van der Waals surface area contributed by atoms with Gasteiger partial charge in [0.15, 0.2) is 0 Å². The summed E-state index contributed by atoms with van der Waals surface area (Å²) in [5.74, 6) is 0. The van der Waals surface area contributed by atoms with Gasteiger partial charge in [0.2, 0.25) is 0 Å². The Bertz CT molecular complexity index is 4640. The number of nitrogens with zero attached hydrogens (tertiary/aromatic N) is 2. The molecule has 0 amide bonds. The Hall–Kier alpha value is -9.24. The van der Waals surface area contributed by atoms with E-state index in [1.807, 2.05) is 0 Å². The number of hydrogen-bond donors (Lipinski definition) is 0. The van der Waals surface area contributed by atoms with Crippen LogP contribution in [0.4, 0.5) is 28.4 Å². The summed E-state index contributed by atoms with van der Waals surface area (Å²) in [6, 6.07) is 85.6. The average molecular weight is 1080 g/mol. The minimum atomic E-state index is -0.276. The topological polar surface area (TPSA) is 6.48 Å². The first-order valence-electron chi connectivity index (χ1n) is 30.3. The third-order valence-corrected chi connectivity index (χ3v) is 20.3. The number of hydrogen-bond acceptors (Lipinski definition) is 2. The summed E-state index contributed by atoms with van der Waals surface area (Å²) in [5.41, 5.74) is 33.3. The van der Waals surface area contributed by atoms with Crippen molar-refractivity contribution in [1.29, 1.82) is 0 Å². The van der Waals surface area contributed by atoms with Gasteiger partial charge in [-0.05, 0) is 220 Å². The largest absolute Gasteiger partial charge is 0.314 e. The molecule has 0 saturated carbocycles. The molecule has 0 unspecified atom stereocenters. The molecule has 0 spiro atoms. The fraction of sp³-hybridized carbons (Fsp3) is 0.171. The standard InChI is InChI=1S/C82H68N2/c1-79(2)69-27-17-15-24-61(69)63-42-34-53(46-72(63)79)51-30-36-57(37-31-51)83(55-20-11-9-12-21-55)59-40-44-65-68-50-76-77(67-26-19-29-71(78(67)68)81(5,6)74(65)48-59)66-45-41-60(49-75(66)82(76,7)8)84(56-22-13-10-14-23-56)58-38-32-52(33-39-58)54-35-43-64-62-25-16-18-28-70(62)80(3,4)73(64)47-54/h9-13,15-22,24-50H,14,23H2,1-8H3. The molecule has 2 heteroatoms. The van der Waals surface area contributed by atoms with E-state index in [0.29, 0.717) is 0 Å². The quantitative estimate of drug-likeness (QED) is 0.150. The first-order valence-corrected chi connectivity index (χ1v) is 30.3. The van der Waals surface area contributed by atoms with E-state index in [4.69, 9.17) is 0 Å². The second kappa shape index (κ2) is 18.1. The summed E-state index contributed by atoms with van der Waals surface area (Å²) < 4.78 is 0. The highest BCUT2D eigenvalue weighted by Crippen LogP contribution is 2.59. The van der Waals surface area contributed by atoms with Gasteiger partial charge in [-0.15, -0.1) is 0 Å². The Kier molecular flexibility index (Phi) is 10.9. The van der Waals surface area contributed by atoms with Gasteiger partial charge in [0.1, 0.15) is 0 Å². The van der Waals surface area contributed by atoms with Crippen molar-refractivity contribution in [3.63, 3.8) is 0 Å². The fourth-order valence-electron chi connectivity index (χ4n) is 15.8. The van der Waals surface area contributed by atoms with Crippen LogP contribution in [0, 0.1) is 0 Å². The summed E-state index contributed by atoms with van der Waals surface area (Å²) >= 11 is 0. The molecule has 2 nitrogen and oxygen atoms in total. The molecule has 0 heterocycles. The number of anilines is 5. The monoisotopic (exact) mass is 1080 g/mol. The molecule has 406 valence electrons. The molecule has 0 aliphatic heterocycles. The third-order valence-electron chi connectivity index (χ3n) is 20.3. The van der Waals surface area contributed by atoms with Crippen LogP contribution in [0.15, 0.2) is 248 Å². The molecule has 0 atom stereocenters. The molecule has 0 N–H and O–H groups in total. The smallest absolute Gasteiger partial charge is 0.0465 e. The molecule has 16 rings (SSSR count). The number of benzene rings is 11. The highest BCUT2D eigenvalue weighted by Gasteiger charge is 2.42. The zero-order valence-corrected chi connectivity index (χ0v) is 49.4. The van der Waals surface area contributed by atoms with Gasteiger partial charge in [0, 0.05) is 55.8 Å². The van der Waals surface area contributed by atoms with E-state index in [2.05, 4.69) is 308 Å². The summed E-state index contributed by atoms with van der Waals surface area (Å²) in [4.78, 5) is 4.95. The Balaban J connectivity index is 0.755. The second-order valence-corrected chi connectivity index (χ2v) is 26.4. The normalized spacial score (nSPS) is 16.2. The van der Waals surface area contributed by atoms with Gasteiger partial charge < -0.3 is 9.80 Å². The molecule has 0 radical (unpaired) electrons. The second-order valence-electron chi connectivity index (χ2n) is 26.4. The Morgan fingerprint density at radius 3 is 1.32 bits per heavy atom. The van der Waals surface area contributed by atoms with Gasteiger partial charge >= 0.3 is 0 Å². The summed E-state index contributed by atoms with van der Waals surface area (Å²) in [6.07, 6.45) is 8.84. The van der Waals surface area contributed by atoms with Crippen LogP contribution in [0.3, 0.4) is 0 Å². The maximum Gasteiger partial charge on any atom is 0.0465 e. The SMILES string of the molecule is CC1(C)c2ccccc2-c2ccc(-c3ccc(N(C4=CC=CCC4)c4ccc5c(c4)C(C)(C)c4cc6c7c(cccc7c4-5)C(C)(C)c4cc(N(c5ccccc5)c5ccc(-c7ccc8c(c7)C(C)(C)c7ccccc7-8)cc5)ccc4-6)cc3)cc21. The van der Waals surface area contributed by atoms with E-state index in [0.717, 1.165) is 29.9 Å². The van der Waals surface area contributed by atoms with E-state index >= 15 is 0 Å². The molecule has 11 aromatic rings. The first-order chi connectivity index (χ1) is 40.7. The lowest BCUT2D eigenvalue weighted by Crippen LogP contribution is -2.25. The van der Waals surface area contributed by atoms with E-state index in [-0.39, 0.29) is 21.7 Å². The minimum absolute atomic E-state index is 0.0454. The van der Waals surface area contributed by atoms with Crippen molar-refractivity contribution in [1.82, 2.24) is 0 Å². The predicted octanol–water partition coefficient (Wildman–Crippen LogP) is 22.2. The van der Waals surface area contributed by atoms with E-state index < -0.39 is 0 Å². The highest BCUT2D eigenvalue weighted by atomic mass is 15.2. The summed E-state index contributed by atoms with van der Waals surface area (Å²) in [5, 5.41) is 2.72. The van der Waals surface area contributed by atoms with Crippen LogP contribution in [0.2, 0.25) is 0 Å². The summed E-state index contributed by atoms with van der Waals surface area (Å²) in [6.45, 7) is 19.2. The molecule has 0 aromatic heterocycles. The molecule has 11 aromatic carbocycles. The molecular formula is C82H68N2. The van der Waals surface area contributed by atoms with Crippen molar-refractivity contribution >= 4 is 39.2 Å². The van der Waals surface area contributed by atoms with Crippen LogP contribution in [-0.2, 0) is 21.7 Å². The number of allylic oxidation sites excluding steroid dienone is 4. The van der Waals surface area contributed by atoms with Crippen molar-refractivity contribution in [2.75, 3.05) is 9.80 Å². The van der Waals surface area contributed by atoms with Crippen molar-refractivity contribution in [3.8, 4) is 66.8 Å². The molecule has 0 bridgehead atoms. The number of fused-ring (bicyclic) bond motifs is 12. The Labute approximate surface area is 495 Å². The van der Waals surface area contributed by atoms with Crippen molar-refractivity contribution in [3.05, 3.63) is 293 Å². The van der Waals surface area contributed by atoms with Gasteiger partial charge in [-0.3, -0.25) is 0 Å². The van der Waals surface area contributed by atoms with Gasteiger partial charge in [-0.1, -0.05) is 213 Å². The first kappa shape index (κ1) is 50.5. The molecule has 5 aliphatic rings. The van der Waals surface area contributed by atoms with Crippen LogP contribution in [-0.4, -0.2) is 0 Å². The molecule has 0 fully saturated rings. The maximum atomic E-state index is 2.57. The van der Waals surface area contributed by atoms with E-state index in [9.17, 15) is 0 Å². The lowest BCUT2D eigenvalue weighted by Gasteiger charge is -2.37. The van der Waals surface area contributed by atoms with Crippen LogP contribution >= 0.6 is 0 Å². The molecule has 0 saturated heterocycles. The average Bonchev–Trinajstić information content (AvgIpc) is 2.06. The van der Waals surface area contributed by atoms with Crippen LogP contribution < -0.4 is 9.80 Å². The van der Waals surface area contributed by atoms with Crippen LogP contribution in [0.1, 0.15) is 113 Å². The highest BCUT2D eigenvalue weighted by molar-refractivity contribution is 6.13. The molecule has 84 heavy (non-hydrogen) atoms. The van der Waals surface area contributed by atoms with Crippen LogP contribution in [0.25, 0.3) is 77.5 Å². The van der Waals surface area contributed by atoms with Crippen molar-refractivity contribution in [2.24, 2.45) is 0 Å². The van der Waals surface area contributed by atoms with Gasteiger partial charge in [0.05, 0.1) is 0 Å². The predicted molar refractivity (Wildman–Crippen MR) is 355 cm³/mol. The third kappa shape index (κ3) is 7.29. The van der Waals surface area contributed by atoms with Crippen LogP contribution in [0.5, 0.6) is 0 Å². The van der Waals surface area contributed by atoms with Gasteiger partial charge in [0.25, 0.3) is 0 Å². The summed E-state index contributed by atoms with van der Waals surface area (Å²) in [7, 11) is 0. The molecule has 5 aliphatic carbocycles. The minimum Gasteiger partial charge on any atom is -0.314 e.